The smallest absolute Gasteiger partial charge is 0.0417 e. The minimum atomic E-state index is 0.813. The number of fused-ring (bicyclic) bond motifs is 2. The second-order valence-corrected chi connectivity index (χ2v) is 13.3. The highest BCUT2D eigenvalue weighted by Gasteiger charge is 2.29. The molecule has 3 aromatic rings. The first-order valence-electron chi connectivity index (χ1n) is 9.51. The minimum Gasteiger partial charge on any atom is -0.399 e. The van der Waals surface area contributed by atoms with E-state index in [1.54, 1.807) is 0 Å². The van der Waals surface area contributed by atoms with Crippen LogP contribution >= 0.6 is 70.6 Å². The Morgan fingerprint density at radius 2 is 0.800 bits per heavy atom. The van der Waals surface area contributed by atoms with Crippen LogP contribution in [0, 0.1) is 0 Å². The van der Waals surface area contributed by atoms with Crippen LogP contribution in [0.3, 0.4) is 0 Å². The van der Waals surface area contributed by atoms with E-state index in [2.05, 4.69) is 24.3 Å². The molecule has 0 fully saturated rings. The van der Waals surface area contributed by atoms with Gasteiger partial charge in [-0.15, -0.1) is 47.0 Å². The predicted molar refractivity (Wildman–Crippen MR) is 139 cm³/mol. The van der Waals surface area contributed by atoms with Gasteiger partial charge < -0.3 is 11.5 Å². The van der Waals surface area contributed by atoms with Crippen LogP contribution in [0.4, 0.5) is 11.4 Å². The maximum atomic E-state index is 5.91. The standard InChI is InChI=1S/C22H20N2S6/c23-13-1-5-15(6-2-13)29-21-17-19(27-11-9-25-17)22(20-18(21)26-10-12-28-20)30-16-7-3-14(24)4-8-16/h1-8H,9-12,23-24H2. The van der Waals surface area contributed by atoms with Crippen molar-refractivity contribution >= 4 is 81.9 Å². The molecule has 2 nitrogen and oxygen atoms in total. The number of benzene rings is 3. The Bertz CT molecular complexity index is 943. The Kier molecular flexibility index (Phi) is 6.69. The summed E-state index contributed by atoms with van der Waals surface area (Å²) in [4.78, 5) is 11.2. The van der Waals surface area contributed by atoms with E-state index in [1.807, 2.05) is 94.8 Å². The molecule has 0 aromatic heterocycles. The SMILES string of the molecule is Nc1ccc(Sc2c3c(c(Sc4ccc(N)cc4)c4c2SCCS4)SCCS3)cc1. The molecule has 8 heteroatoms. The van der Waals surface area contributed by atoms with Gasteiger partial charge in [-0.3, -0.25) is 0 Å². The number of rotatable bonds is 4. The summed E-state index contributed by atoms with van der Waals surface area (Å²) in [6, 6.07) is 16.5. The summed E-state index contributed by atoms with van der Waals surface area (Å²) in [5.74, 6) is 4.65. The number of anilines is 2. The van der Waals surface area contributed by atoms with E-state index in [9.17, 15) is 0 Å². The van der Waals surface area contributed by atoms with E-state index in [0.29, 0.717) is 0 Å². The maximum absolute atomic E-state index is 5.91. The van der Waals surface area contributed by atoms with E-state index in [0.717, 1.165) is 34.4 Å². The van der Waals surface area contributed by atoms with Crippen LogP contribution < -0.4 is 11.5 Å². The molecule has 0 atom stereocenters. The molecule has 5 rings (SSSR count). The highest BCUT2D eigenvalue weighted by Crippen LogP contribution is 2.58. The lowest BCUT2D eigenvalue weighted by atomic mass is 10.3. The van der Waals surface area contributed by atoms with Gasteiger partial charge in [-0.05, 0) is 48.5 Å². The molecule has 2 heterocycles. The molecule has 0 saturated carbocycles. The molecule has 2 aliphatic heterocycles. The number of nitrogen functional groups attached to an aromatic ring is 2. The van der Waals surface area contributed by atoms with Crippen LogP contribution in [0.25, 0.3) is 0 Å². The first-order chi connectivity index (χ1) is 14.7. The van der Waals surface area contributed by atoms with Crippen molar-refractivity contribution in [1.29, 1.82) is 0 Å². The predicted octanol–water partition coefficient (Wildman–Crippen LogP) is 7.55. The lowest BCUT2D eigenvalue weighted by Crippen LogP contribution is -2.05. The van der Waals surface area contributed by atoms with E-state index in [4.69, 9.17) is 11.5 Å². The third kappa shape index (κ3) is 4.45. The molecule has 154 valence electrons. The highest BCUT2D eigenvalue weighted by atomic mass is 32.2. The first kappa shape index (κ1) is 21.2. The van der Waals surface area contributed by atoms with Gasteiger partial charge in [0.1, 0.15) is 0 Å². The van der Waals surface area contributed by atoms with Gasteiger partial charge in [0.2, 0.25) is 0 Å². The number of hydrogen-bond acceptors (Lipinski definition) is 8. The van der Waals surface area contributed by atoms with Gasteiger partial charge in [-0.1, -0.05) is 23.5 Å². The van der Waals surface area contributed by atoms with Gasteiger partial charge in [0.15, 0.2) is 0 Å². The lowest BCUT2D eigenvalue weighted by molar-refractivity contribution is 0.866. The Balaban J connectivity index is 1.63. The topological polar surface area (TPSA) is 52.0 Å². The number of nitrogens with two attached hydrogens (primary N) is 2. The summed E-state index contributed by atoms with van der Waals surface area (Å²) < 4.78 is 0. The third-order valence-electron chi connectivity index (χ3n) is 4.59. The van der Waals surface area contributed by atoms with Crippen LogP contribution in [-0.2, 0) is 0 Å². The molecule has 3 aromatic carbocycles. The fourth-order valence-electron chi connectivity index (χ4n) is 3.21. The molecule has 0 bridgehead atoms. The van der Waals surface area contributed by atoms with Gasteiger partial charge in [0, 0.05) is 73.6 Å². The Hall–Kier alpha value is -0.640. The Morgan fingerprint density at radius 3 is 1.10 bits per heavy atom. The summed E-state index contributed by atoms with van der Waals surface area (Å²) in [5, 5.41) is 0. The third-order valence-corrected chi connectivity index (χ3v) is 12.5. The van der Waals surface area contributed by atoms with Crippen molar-refractivity contribution in [1.82, 2.24) is 0 Å². The molecule has 2 aliphatic rings. The van der Waals surface area contributed by atoms with Crippen LogP contribution in [0.1, 0.15) is 0 Å². The van der Waals surface area contributed by atoms with Gasteiger partial charge in [-0.25, -0.2) is 0 Å². The summed E-state index contributed by atoms with van der Waals surface area (Å²) in [6.45, 7) is 0. The minimum absolute atomic E-state index is 0.813. The van der Waals surface area contributed by atoms with Gasteiger partial charge in [0.05, 0.1) is 0 Å². The molecule has 0 spiro atoms. The van der Waals surface area contributed by atoms with Crippen molar-refractivity contribution in [2.24, 2.45) is 0 Å². The fourth-order valence-corrected chi connectivity index (χ4v) is 11.3. The molecule has 4 N–H and O–H groups in total. The molecule has 0 saturated heterocycles. The summed E-state index contributed by atoms with van der Waals surface area (Å²) in [5.41, 5.74) is 13.4. The van der Waals surface area contributed by atoms with Gasteiger partial charge >= 0.3 is 0 Å². The second-order valence-electron chi connectivity index (χ2n) is 6.71. The molecular formula is C22H20N2S6. The summed E-state index contributed by atoms with van der Waals surface area (Å²) in [7, 11) is 0. The van der Waals surface area contributed by atoms with Crippen molar-refractivity contribution in [3.8, 4) is 0 Å². The van der Waals surface area contributed by atoms with Gasteiger partial charge in [0.25, 0.3) is 0 Å². The quantitative estimate of drug-likeness (QED) is 0.353. The van der Waals surface area contributed by atoms with E-state index >= 15 is 0 Å². The second kappa shape index (κ2) is 9.46. The van der Waals surface area contributed by atoms with E-state index < -0.39 is 0 Å². The van der Waals surface area contributed by atoms with Crippen LogP contribution in [0.2, 0.25) is 0 Å². The Morgan fingerprint density at radius 1 is 0.500 bits per heavy atom. The first-order valence-corrected chi connectivity index (χ1v) is 15.1. The normalized spacial score (nSPS) is 15.5. The van der Waals surface area contributed by atoms with Crippen molar-refractivity contribution in [2.45, 2.75) is 39.2 Å². The summed E-state index contributed by atoms with van der Waals surface area (Å²) in [6.07, 6.45) is 0. The highest BCUT2D eigenvalue weighted by molar-refractivity contribution is 8.09. The molecule has 0 unspecified atom stereocenters. The largest absolute Gasteiger partial charge is 0.399 e. The van der Waals surface area contributed by atoms with Crippen molar-refractivity contribution < 1.29 is 0 Å². The van der Waals surface area contributed by atoms with Crippen LogP contribution in [-0.4, -0.2) is 23.0 Å². The van der Waals surface area contributed by atoms with Crippen molar-refractivity contribution in [2.75, 3.05) is 34.5 Å². The molecule has 0 aliphatic carbocycles. The monoisotopic (exact) mass is 504 g/mol. The van der Waals surface area contributed by atoms with Crippen molar-refractivity contribution in [3.05, 3.63) is 48.5 Å². The summed E-state index contributed by atoms with van der Waals surface area (Å²) >= 11 is 11.8. The molecular weight excluding hydrogens is 485 g/mol. The molecule has 0 radical (unpaired) electrons. The lowest BCUT2D eigenvalue weighted by Gasteiger charge is -2.29. The Labute approximate surface area is 202 Å². The van der Waals surface area contributed by atoms with E-state index in [1.165, 1.54) is 39.2 Å². The molecule has 30 heavy (non-hydrogen) atoms. The van der Waals surface area contributed by atoms with Crippen LogP contribution in [0.5, 0.6) is 0 Å². The zero-order valence-corrected chi connectivity index (χ0v) is 21.0. The number of hydrogen-bond donors (Lipinski definition) is 2. The van der Waals surface area contributed by atoms with Crippen LogP contribution in [0.15, 0.2) is 87.7 Å². The average Bonchev–Trinajstić information content (AvgIpc) is 2.78. The zero-order valence-electron chi connectivity index (χ0n) is 16.1. The zero-order chi connectivity index (χ0) is 20.5. The van der Waals surface area contributed by atoms with Crippen molar-refractivity contribution in [3.63, 3.8) is 0 Å². The number of thioether (sulfide) groups is 4. The maximum Gasteiger partial charge on any atom is 0.0417 e. The fraction of sp³-hybridized carbons (Fsp3) is 0.182. The van der Waals surface area contributed by atoms with Gasteiger partial charge in [-0.2, -0.15) is 0 Å². The van der Waals surface area contributed by atoms with E-state index in [-0.39, 0.29) is 0 Å². The average molecular weight is 505 g/mol. The molecule has 0 amide bonds.